The van der Waals surface area contributed by atoms with E-state index < -0.39 is 0 Å². The third kappa shape index (κ3) is 2.08. The van der Waals surface area contributed by atoms with Crippen LogP contribution in [-0.4, -0.2) is 19.9 Å². The fourth-order valence-electron chi connectivity index (χ4n) is 1.66. The van der Waals surface area contributed by atoms with Gasteiger partial charge in [-0.25, -0.2) is 15.0 Å². The summed E-state index contributed by atoms with van der Waals surface area (Å²) in [6.45, 7) is 0. The Bertz CT molecular complexity index is 583. The summed E-state index contributed by atoms with van der Waals surface area (Å²) in [6, 6.07) is 13.6. The van der Waals surface area contributed by atoms with Crippen LogP contribution in [0, 0.1) is 0 Å². The van der Waals surface area contributed by atoms with E-state index in [1.807, 2.05) is 42.5 Å². The highest BCUT2D eigenvalue weighted by Crippen LogP contribution is 2.17. The van der Waals surface area contributed by atoms with E-state index in [4.69, 9.17) is 0 Å². The van der Waals surface area contributed by atoms with Gasteiger partial charge in [0.25, 0.3) is 0 Å². The molecule has 0 atom stereocenters. The van der Waals surface area contributed by atoms with E-state index in [9.17, 15) is 0 Å². The average molecular weight is 234 g/mol. The van der Waals surface area contributed by atoms with Crippen LogP contribution in [0.2, 0.25) is 0 Å². The standard InChI is InChI=1S/C14H10N4/c1-2-4-11(5-3-1)13-16-10-17-14(18-13)12-6-8-15-9-7-12/h1-10H. The molecular weight excluding hydrogens is 224 g/mol. The molecule has 18 heavy (non-hydrogen) atoms. The molecule has 0 aliphatic carbocycles. The van der Waals surface area contributed by atoms with Crippen molar-refractivity contribution in [3.05, 3.63) is 61.2 Å². The molecule has 3 rings (SSSR count). The second-order valence-electron chi connectivity index (χ2n) is 3.73. The maximum absolute atomic E-state index is 4.46. The van der Waals surface area contributed by atoms with E-state index in [0.717, 1.165) is 11.1 Å². The molecule has 4 heteroatoms. The average Bonchev–Trinajstić information content (AvgIpc) is 2.49. The summed E-state index contributed by atoms with van der Waals surface area (Å²) in [4.78, 5) is 16.8. The van der Waals surface area contributed by atoms with Crippen LogP contribution in [0.1, 0.15) is 0 Å². The summed E-state index contributed by atoms with van der Waals surface area (Å²) >= 11 is 0. The molecule has 0 unspecified atom stereocenters. The summed E-state index contributed by atoms with van der Waals surface area (Å²) < 4.78 is 0. The molecular formula is C14H10N4. The van der Waals surface area contributed by atoms with Gasteiger partial charge in [-0.3, -0.25) is 4.98 Å². The van der Waals surface area contributed by atoms with Gasteiger partial charge in [-0.2, -0.15) is 0 Å². The summed E-state index contributed by atoms with van der Waals surface area (Å²) in [5.41, 5.74) is 1.92. The zero-order valence-electron chi connectivity index (χ0n) is 9.56. The highest BCUT2D eigenvalue weighted by molar-refractivity contribution is 5.59. The van der Waals surface area contributed by atoms with Crippen LogP contribution >= 0.6 is 0 Å². The minimum atomic E-state index is 0.659. The highest BCUT2D eigenvalue weighted by Gasteiger charge is 2.04. The largest absolute Gasteiger partial charge is 0.265 e. The second kappa shape index (κ2) is 4.71. The predicted molar refractivity (Wildman–Crippen MR) is 68.5 cm³/mol. The summed E-state index contributed by atoms with van der Waals surface area (Å²) in [7, 11) is 0. The molecule has 86 valence electrons. The number of pyridine rings is 1. The molecule has 1 aromatic carbocycles. The zero-order chi connectivity index (χ0) is 12.2. The van der Waals surface area contributed by atoms with Gasteiger partial charge in [0.05, 0.1) is 0 Å². The number of hydrogen-bond donors (Lipinski definition) is 0. The normalized spacial score (nSPS) is 10.2. The first-order valence-corrected chi connectivity index (χ1v) is 5.58. The molecule has 0 aliphatic rings. The second-order valence-corrected chi connectivity index (χ2v) is 3.73. The Morgan fingerprint density at radius 1 is 0.667 bits per heavy atom. The fourth-order valence-corrected chi connectivity index (χ4v) is 1.66. The molecule has 2 aromatic heterocycles. The Morgan fingerprint density at radius 3 is 1.94 bits per heavy atom. The van der Waals surface area contributed by atoms with E-state index in [1.165, 1.54) is 6.33 Å². The molecule has 0 radical (unpaired) electrons. The number of aromatic nitrogens is 4. The number of nitrogens with zero attached hydrogens (tertiary/aromatic N) is 4. The topological polar surface area (TPSA) is 51.6 Å². The molecule has 0 saturated heterocycles. The molecule has 2 heterocycles. The van der Waals surface area contributed by atoms with Crippen molar-refractivity contribution in [1.82, 2.24) is 19.9 Å². The lowest BCUT2D eigenvalue weighted by molar-refractivity contribution is 1.06. The van der Waals surface area contributed by atoms with E-state index in [2.05, 4.69) is 19.9 Å². The lowest BCUT2D eigenvalue weighted by atomic mass is 10.2. The van der Waals surface area contributed by atoms with Gasteiger partial charge in [-0.1, -0.05) is 30.3 Å². The molecule has 0 N–H and O–H groups in total. The van der Waals surface area contributed by atoms with Crippen LogP contribution in [0.3, 0.4) is 0 Å². The minimum Gasteiger partial charge on any atom is -0.265 e. The monoisotopic (exact) mass is 234 g/mol. The van der Waals surface area contributed by atoms with E-state index in [1.54, 1.807) is 12.4 Å². The Morgan fingerprint density at radius 2 is 1.28 bits per heavy atom. The Hall–Kier alpha value is -2.62. The van der Waals surface area contributed by atoms with Crippen molar-refractivity contribution in [3.63, 3.8) is 0 Å². The Balaban J connectivity index is 2.05. The first-order valence-electron chi connectivity index (χ1n) is 5.58. The molecule has 0 spiro atoms. The zero-order valence-corrected chi connectivity index (χ0v) is 9.56. The van der Waals surface area contributed by atoms with Gasteiger partial charge < -0.3 is 0 Å². The molecule has 0 bridgehead atoms. The van der Waals surface area contributed by atoms with E-state index in [0.29, 0.717) is 11.6 Å². The predicted octanol–water partition coefficient (Wildman–Crippen LogP) is 2.60. The van der Waals surface area contributed by atoms with Crippen molar-refractivity contribution < 1.29 is 0 Å². The van der Waals surface area contributed by atoms with Crippen molar-refractivity contribution >= 4 is 0 Å². The highest BCUT2D eigenvalue weighted by atomic mass is 15.0. The van der Waals surface area contributed by atoms with Gasteiger partial charge in [-0.15, -0.1) is 0 Å². The molecule has 0 amide bonds. The lowest BCUT2D eigenvalue weighted by Crippen LogP contribution is -1.94. The SMILES string of the molecule is c1ccc(-c2ncnc(-c3ccncc3)n2)cc1. The number of rotatable bonds is 2. The first-order chi connectivity index (χ1) is 8.93. The maximum atomic E-state index is 4.46. The Kier molecular flexibility index (Phi) is 2.75. The fraction of sp³-hybridized carbons (Fsp3) is 0. The van der Waals surface area contributed by atoms with Crippen LogP contribution in [0.4, 0.5) is 0 Å². The van der Waals surface area contributed by atoms with Crippen molar-refractivity contribution in [2.75, 3.05) is 0 Å². The van der Waals surface area contributed by atoms with Crippen molar-refractivity contribution in [2.45, 2.75) is 0 Å². The first kappa shape index (κ1) is 10.5. The van der Waals surface area contributed by atoms with Crippen LogP contribution in [-0.2, 0) is 0 Å². The van der Waals surface area contributed by atoms with Crippen molar-refractivity contribution in [3.8, 4) is 22.8 Å². The Labute approximate surface area is 104 Å². The summed E-state index contributed by atoms with van der Waals surface area (Å²) in [5.74, 6) is 1.34. The van der Waals surface area contributed by atoms with Gasteiger partial charge in [0.2, 0.25) is 0 Å². The number of benzene rings is 1. The summed E-state index contributed by atoms with van der Waals surface area (Å²) in [5, 5.41) is 0. The van der Waals surface area contributed by atoms with Gasteiger partial charge >= 0.3 is 0 Å². The third-order valence-corrected chi connectivity index (χ3v) is 2.54. The molecule has 4 nitrogen and oxygen atoms in total. The lowest BCUT2D eigenvalue weighted by Gasteiger charge is -2.02. The van der Waals surface area contributed by atoms with E-state index >= 15 is 0 Å². The van der Waals surface area contributed by atoms with Crippen LogP contribution in [0.5, 0.6) is 0 Å². The van der Waals surface area contributed by atoms with Crippen molar-refractivity contribution in [2.24, 2.45) is 0 Å². The summed E-state index contributed by atoms with van der Waals surface area (Å²) in [6.07, 6.45) is 4.98. The maximum Gasteiger partial charge on any atom is 0.163 e. The molecule has 0 saturated carbocycles. The van der Waals surface area contributed by atoms with Gasteiger partial charge in [0.15, 0.2) is 11.6 Å². The van der Waals surface area contributed by atoms with Gasteiger partial charge in [0.1, 0.15) is 6.33 Å². The molecule has 0 aliphatic heterocycles. The third-order valence-electron chi connectivity index (χ3n) is 2.54. The molecule has 0 fully saturated rings. The molecule has 3 aromatic rings. The van der Waals surface area contributed by atoms with E-state index in [-0.39, 0.29) is 0 Å². The minimum absolute atomic E-state index is 0.659. The quantitative estimate of drug-likeness (QED) is 0.684. The number of hydrogen-bond acceptors (Lipinski definition) is 4. The van der Waals surface area contributed by atoms with Crippen LogP contribution in [0.15, 0.2) is 61.2 Å². The van der Waals surface area contributed by atoms with Crippen LogP contribution < -0.4 is 0 Å². The van der Waals surface area contributed by atoms with Gasteiger partial charge in [-0.05, 0) is 12.1 Å². The van der Waals surface area contributed by atoms with Crippen LogP contribution in [0.25, 0.3) is 22.8 Å². The van der Waals surface area contributed by atoms with Crippen molar-refractivity contribution in [1.29, 1.82) is 0 Å². The smallest absolute Gasteiger partial charge is 0.163 e. The van der Waals surface area contributed by atoms with Gasteiger partial charge in [0, 0.05) is 23.5 Å².